The fraction of sp³-hybridized carbons (Fsp3) is 0. The van der Waals surface area contributed by atoms with Crippen molar-refractivity contribution in [2.45, 2.75) is 0 Å². The monoisotopic (exact) mass is 161 g/mol. The number of halogens is 1. The van der Waals surface area contributed by atoms with E-state index in [4.69, 9.17) is 5.26 Å². The van der Waals surface area contributed by atoms with Gasteiger partial charge in [-0.15, -0.1) is 0 Å². The molecule has 2 rings (SSSR count). The number of nitriles is 1. The standard InChI is InChI=1S/C8H4FN3/c9-7-1-2-12-8(3-7)6(4-10)5-11-12/h1-3,5H. The molecule has 0 radical (unpaired) electrons. The first-order chi connectivity index (χ1) is 5.81. The van der Waals surface area contributed by atoms with E-state index >= 15 is 0 Å². The van der Waals surface area contributed by atoms with Crippen LogP contribution in [0.5, 0.6) is 0 Å². The Hall–Kier alpha value is -1.89. The van der Waals surface area contributed by atoms with Gasteiger partial charge in [0.15, 0.2) is 0 Å². The highest BCUT2D eigenvalue weighted by Gasteiger charge is 2.02. The maximum Gasteiger partial charge on any atom is 0.126 e. The Kier molecular flexibility index (Phi) is 1.31. The van der Waals surface area contributed by atoms with Crippen LogP contribution in [0.25, 0.3) is 5.52 Å². The maximum atomic E-state index is 12.7. The molecule has 58 valence electrons. The summed E-state index contributed by atoms with van der Waals surface area (Å²) in [6.45, 7) is 0. The Balaban J connectivity index is 2.86. The lowest BCUT2D eigenvalue weighted by Gasteiger charge is -1.91. The van der Waals surface area contributed by atoms with Crippen molar-refractivity contribution >= 4 is 5.52 Å². The lowest BCUT2D eigenvalue weighted by Crippen LogP contribution is -1.86. The summed E-state index contributed by atoms with van der Waals surface area (Å²) < 4.78 is 14.1. The molecule has 3 nitrogen and oxygen atoms in total. The summed E-state index contributed by atoms with van der Waals surface area (Å²) in [6.07, 6.45) is 2.89. The van der Waals surface area contributed by atoms with Crippen molar-refractivity contribution in [1.82, 2.24) is 9.61 Å². The Labute approximate surface area is 67.7 Å². The lowest BCUT2D eigenvalue weighted by molar-refractivity contribution is 0.625. The third kappa shape index (κ3) is 0.839. The highest BCUT2D eigenvalue weighted by molar-refractivity contribution is 5.59. The van der Waals surface area contributed by atoms with Gasteiger partial charge in [0.25, 0.3) is 0 Å². The Bertz CT molecular complexity index is 467. The summed E-state index contributed by atoms with van der Waals surface area (Å²) >= 11 is 0. The smallest absolute Gasteiger partial charge is 0.126 e. The van der Waals surface area contributed by atoms with Gasteiger partial charge in [-0.25, -0.2) is 8.91 Å². The molecule has 0 aliphatic heterocycles. The summed E-state index contributed by atoms with van der Waals surface area (Å²) in [5.74, 6) is -0.362. The molecule has 0 spiro atoms. The van der Waals surface area contributed by atoms with Gasteiger partial charge in [0, 0.05) is 12.3 Å². The molecule has 0 amide bonds. The number of fused-ring (bicyclic) bond motifs is 1. The molecule has 0 unspecified atom stereocenters. The second-order valence-electron chi connectivity index (χ2n) is 2.34. The minimum absolute atomic E-state index is 0.362. The largest absolute Gasteiger partial charge is 0.239 e. The number of pyridine rings is 1. The predicted octanol–water partition coefficient (Wildman–Crippen LogP) is 1.35. The predicted molar refractivity (Wildman–Crippen MR) is 39.9 cm³/mol. The second kappa shape index (κ2) is 2.31. The van der Waals surface area contributed by atoms with Crippen LogP contribution in [0.3, 0.4) is 0 Å². The SMILES string of the molecule is N#Cc1cnn2ccc(F)cc12. The molecule has 2 aromatic rings. The van der Waals surface area contributed by atoms with Crippen LogP contribution in [0, 0.1) is 17.1 Å². The average molecular weight is 161 g/mol. The molecule has 0 aliphatic rings. The molecule has 2 heterocycles. The van der Waals surface area contributed by atoms with E-state index in [1.807, 2.05) is 6.07 Å². The van der Waals surface area contributed by atoms with Gasteiger partial charge in [0.05, 0.1) is 17.3 Å². The van der Waals surface area contributed by atoms with Gasteiger partial charge in [-0.3, -0.25) is 0 Å². The van der Waals surface area contributed by atoms with Crippen molar-refractivity contribution in [1.29, 1.82) is 5.26 Å². The fourth-order valence-electron chi connectivity index (χ4n) is 1.04. The van der Waals surface area contributed by atoms with Gasteiger partial charge < -0.3 is 0 Å². The number of aromatic nitrogens is 2. The number of nitrogens with zero attached hydrogens (tertiary/aromatic N) is 3. The molecule has 0 aromatic carbocycles. The summed E-state index contributed by atoms with van der Waals surface area (Å²) in [4.78, 5) is 0. The molecule has 2 aromatic heterocycles. The molecule has 0 aliphatic carbocycles. The first-order valence-corrected chi connectivity index (χ1v) is 3.34. The van der Waals surface area contributed by atoms with E-state index in [2.05, 4.69) is 5.10 Å². The molecule has 0 saturated carbocycles. The molecule has 0 fully saturated rings. The van der Waals surface area contributed by atoms with Crippen LogP contribution >= 0.6 is 0 Å². The third-order valence-corrected chi connectivity index (χ3v) is 1.60. The van der Waals surface area contributed by atoms with Crippen LogP contribution in [0.4, 0.5) is 4.39 Å². The summed E-state index contributed by atoms with van der Waals surface area (Å²) in [7, 11) is 0. The summed E-state index contributed by atoms with van der Waals surface area (Å²) in [5, 5.41) is 12.4. The average Bonchev–Trinajstić information content (AvgIpc) is 2.46. The van der Waals surface area contributed by atoms with Crippen molar-refractivity contribution in [2.75, 3.05) is 0 Å². The molecule has 0 N–H and O–H groups in total. The van der Waals surface area contributed by atoms with Crippen LogP contribution in [-0.2, 0) is 0 Å². The van der Waals surface area contributed by atoms with Crippen LogP contribution < -0.4 is 0 Å². The van der Waals surface area contributed by atoms with Crippen LogP contribution in [0.2, 0.25) is 0 Å². The highest BCUT2D eigenvalue weighted by atomic mass is 19.1. The first kappa shape index (κ1) is 6.80. The van der Waals surface area contributed by atoms with Gasteiger partial charge in [-0.05, 0) is 6.07 Å². The van der Waals surface area contributed by atoms with E-state index < -0.39 is 0 Å². The second-order valence-corrected chi connectivity index (χ2v) is 2.34. The summed E-state index contributed by atoms with van der Waals surface area (Å²) in [6, 6.07) is 4.50. The maximum absolute atomic E-state index is 12.7. The van der Waals surface area contributed by atoms with Gasteiger partial charge in [-0.1, -0.05) is 0 Å². The van der Waals surface area contributed by atoms with Gasteiger partial charge in [-0.2, -0.15) is 10.4 Å². The number of hydrogen-bond acceptors (Lipinski definition) is 2. The molecule has 0 atom stereocenters. The van der Waals surface area contributed by atoms with Crippen LogP contribution in [0.1, 0.15) is 5.56 Å². The number of rotatable bonds is 0. The number of hydrogen-bond donors (Lipinski definition) is 0. The zero-order valence-corrected chi connectivity index (χ0v) is 6.03. The normalized spacial score (nSPS) is 10.0. The van der Waals surface area contributed by atoms with E-state index in [-0.39, 0.29) is 5.82 Å². The zero-order valence-electron chi connectivity index (χ0n) is 6.03. The topological polar surface area (TPSA) is 41.1 Å². The van der Waals surface area contributed by atoms with E-state index in [1.165, 1.54) is 29.0 Å². The molecule has 0 bridgehead atoms. The molecule has 4 heteroatoms. The quantitative estimate of drug-likeness (QED) is 0.585. The molecule has 12 heavy (non-hydrogen) atoms. The van der Waals surface area contributed by atoms with Gasteiger partial charge in [0.1, 0.15) is 11.9 Å². The highest BCUT2D eigenvalue weighted by Crippen LogP contribution is 2.10. The van der Waals surface area contributed by atoms with E-state index in [9.17, 15) is 4.39 Å². The van der Waals surface area contributed by atoms with Crippen molar-refractivity contribution in [3.63, 3.8) is 0 Å². The van der Waals surface area contributed by atoms with Crippen molar-refractivity contribution in [3.05, 3.63) is 35.9 Å². The van der Waals surface area contributed by atoms with Gasteiger partial charge in [0.2, 0.25) is 0 Å². The van der Waals surface area contributed by atoms with Crippen LogP contribution in [0.15, 0.2) is 24.5 Å². The Morgan fingerprint density at radius 1 is 1.58 bits per heavy atom. The lowest BCUT2D eigenvalue weighted by atomic mass is 10.3. The molecular weight excluding hydrogens is 157 g/mol. The molecule has 0 saturated heterocycles. The van der Waals surface area contributed by atoms with Gasteiger partial charge >= 0.3 is 0 Å². The molecular formula is C8H4FN3. The minimum atomic E-state index is -0.362. The first-order valence-electron chi connectivity index (χ1n) is 3.34. The summed E-state index contributed by atoms with van der Waals surface area (Å²) in [5.41, 5.74) is 0.881. The van der Waals surface area contributed by atoms with Crippen molar-refractivity contribution in [2.24, 2.45) is 0 Å². The Morgan fingerprint density at radius 2 is 2.42 bits per heavy atom. The Morgan fingerprint density at radius 3 is 3.17 bits per heavy atom. The van der Waals surface area contributed by atoms with Crippen LogP contribution in [-0.4, -0.2) is 9.61 Å². The van der Waals surface area contributed by atoms with Crippen molar-refractivity contribution < 1.29 is 4.39 Å². The zero-order chi connectivity index (χ0) is 8.55. The van der Waals surface area contributed by atoms with E-state index in [0.717, 1.165) is 0 Å². The fourth-order valence-corrected chi connectivity index (χ4v) is 1.04. The van der Waals surface area contributed by atoms with E-state index in [1.54, 1.807) is 0 Å². The van der Waals surface area contributed by atoms with Crippen molar-refractivity contribution in [3.8, 4) is 6.07 Å². The van der Waals surface area contributed by atoms with E-state index in [0.29, 0.717) is 11.1 Å². The third-order valence-electron chi connectivity index (χ3n) is 1.60. The minimum Gasteiger partial charge on any atom is -0.239 e.